The SMILES string of the molecule is COc1ccc(OC)c(-c2cc(C(N)=O)c(C)n2C(C)CCc2ccccc2)c1. The highest BCUT2D eigenvalue weighted by atomic mass is 16.5. The molecule has 0 bridgehead atoms. The Morgan fingerprint density at radius 3 is 2.41 bits per heavy atom. The molecule has 2 aromatic carbocycles. The number of hydrogen-bond acceptors (Lipinski definition) is 3. The molecule has 152 valence electrons. The molecule has 1 amide bonds. The van der Waals surface area contributed by atoms with E-state index in [0.717, 1.165) is 41.3 Å². The van der Waals surface area contributed by atoms with Gasteiger partial charge in [0.25, 0.3) is 5.91 Å². The molecule has 0 saturated heterocycles. The van der Waals surface area contributed by atoms with Gasteiger partial charge < -0.3 is 19.8 Å². The number of aryl methyl sites for hydroxylation is 1. The van der Waals surface area contributed by atoms with Gasteiger partial charge in [0.05, 0.1) is 25.5 Å². The van der Waals surface area contributed by atoms with Crippen LogP contribution >= 0.6 is 0 Å². The van der Waals surface area contributed by atoms with Crippen LogP contribution in [0, 0.1) is 6.92 Å². The zero-order chi connectivity index (χ0) is 21.0. The molecule has 5 heteroatoms. The Kier molecular flexibility index (Phi) is 6.27. The summed E-state index contributed by atoms with van der Waals surface area (Å²) >= 11 is 0. The van der Waals surface area contributed by atoms with Gasteiger partial charge in [-0.1, -0.05) is 30.3 Å². The Bertz CT molecular complexity index is 993. The van der Waals surface area contributed by atoms with Crippen molar-refractivity contribution in [3.8, 4) is 22.8 Å². The quantitative estimate of drug-likeness (QED) is 0.600. The average Bonchev–Trinajstić information content (AvgIpc) is 3.09. The van der Waals surface area contributed by atoms with E-state index < -0.39 is 5.91 Å². The largest absolute Gasteiger partial charge is 0.497 e. The molecule has 0 aliphatic heterocycles. The number of methoxy groups -OCH3 is 2. The van der Waals surface area contributed by atoms with Crippen molar-refractivity contribution < 1.29 is 14.3 Å². The average molecular weight is 392 g/mol. The highest BCUT2D eigenvalue weighted by Gasteiger charge is 2.22. The molecule has 0 spiro atoms. The topological polar surface area (TPSA) is 66.5 Å². The van der Waals surface area contributed by atoms with Crippen LogP contribution in [0.15, 0.2) is 54.6 Å². The van der Waals surface area contributed by atoms with Crippen molar-refractivity contribution in [1.29, 1.82) is 0 Å². The first-order valence-electron chi connectivity index (χ1n) is 9.74. The maximum atomic E-state index is 12.1. The molecule has 1 unspecified atom stereocenters. The normalized spacial score (nSPS) is 11.9. The third-order valence-electron chi connectivity index (χ3n) is 5.37. The lowest BCUT2D eigenvalue weighted by Gasteiger charge is -2.21. The van der Waals surface area contributed by atoms with Gasteiger partial charge in [-0.2, -0.15) is 0 Å². The van der Waals surface area contributed by atoms with Crippen LogP contribution in [0.25, 0.3) is 11.3 Å². The summed E-state index contributed by atoms with van der Waals surface area (Å²) in [7, 11) is 3.27. The van der Waals surface area contributed by atoms with Gasteiger partial charge in [0.2, 0.25) is 0 Å². The predicted octanol–water partition coefficient (Wildman–Crippen LogP) is 4.77. The molecule has 1 atom stereocenters. The van der Waals surface area contributed by atoms with E-state index in [9.17, 15) is 4.79 Å². The van der Waals surface area contributed by atoms with E-state index in [1.165, 1.54) is 5.56 Å². The molecule has 0 radical (unpaired) electrons. The number of aromatic nitrogens is 1. The highest BCUT2D eigenvalue weighted by molar-refractivity contribution is 5.96. The van der Waals surface area contributed by atoms with Crippen LogP contribution < -0.4 is 15.2 Å². The molecule has 0 fully saturated rings. The lowest BCUT2D eigenvalue weighted by atomic mass is 10.0. The second-order valence-corrected chi connectivity index (χ2v) is 7.20. The van der Waals surface area contributed by atoms with Crippen molar-refractivity contribution in [3.63, 3.8) is 0 Å². The fourth-order valence-corrected chi connectivity index (χ4v) is 3.81. The van der Waals surface area contributed by atoms with Gasteiger partial charge in [-0.15, -0.1) is 0 Å². The Morgan fingerprint density at radius 2 is 1.79 bits per heavy atom. The second kappa shape index (κ2) is 8.86. The third-order valence-corrected chi connectivity index (χ3v) is 5.37. The molecule has 29 heavy (non-hydrogen) atoms. The standard InChI is InChI=1S/C24H28N2O3/c1-16(10-11-18-8-6-5-7-9-18)26-17(2)20(24(25)27)15-22(26)21-14-19(28-3)12-13-23(21)29-4/h5-9,12-16H,10-11H2,1-4H3,(H2,25,27). The van der Waals surface area contributed by atoms with Crippen molar-refractivity contribution in [2.45, 2.75) is 32.7 Å². The zero-order valence-electron chi connectivity index (χ0n) is 17.4. The van der Waals surface area contributed by atoms with Crippen molar-refractivity contribution in [1.82, 2.24) is 4.57 Å². The van der Waals surface area contributed by atoms with Crippen LogP contribution in [0.5, 0.6) is 11.5 Å². The van der Waals surface area contributed by atoms with Gasteiger partial charge in [-0.25, -0.2) is 0 Å². The highest BCUT2D eigenvalue weighted by Crippen LogP contribution is 2.38. The molecule has 2 N–H and O–H groups in total. The van der Waals surface area contributed by atoms with Crippen LogP contribution in [0.2, 0.25) is 0 Å². The van der Waals surface area contributed by atoms with E-state index in [-0.39, 0.29) is 6.04 Å². The fraction of sp³-hybridized carbons (Fsp3) is 0.292. The number of nitrogens with zero attached hydrogens (tertiary/aromatic N) is 1. The first-order valence-corrected chi connectivity index (χ1v) is 9.74. The van der Waals surface area contributed by atoms with Gasteiger partial charge in [0.1, 0.15) is 11.5 Å². The van der Waals surface area contributed by atoms with Gasteiger partial charge in [-0.05, 0) is 56.5 Å². The summed E-state index contributed by atoms with van der Waals surface area (Å²) in [6.07, 6.45) is 1.87. The maximum Gasteiger partial charge on any atom is 0.250 e. The monoisotopic (exact) mass is 392 g/mol. The number of primary amides is 1. The summed E-state index contributed by atoms with van der Waals surface area (Å²) in [5.41, 5.74) is 10.1. The van der Waals surface area contributed by atoms with Crippen molar-refractivity contribution in [2.75, 3.05) is 14.2 Å². The first kappa shape index (κ1) is 20.5. The summed E-state index contributed by atoms with van der Waals surface area (Å²) in [4.78, 5) is 12.1. The minimum absolute atomic E-state index is 0.161. The van der Waals surface area contributed by atoms with E-state index in [0.29, 0.717) is 5.56 Å². The molecular formula is C24H28N2O3. The molecule has 5 nitrogen and oxygen atoms in total. The molecule has 3 rings (SSSR count). The zero-order valence-corrected chi connectivity index (χ0v) is 17.4. The smallest absolute Gasteiger partial charge is 0.250 e. The second-order valence-electron chi connectivity index (χ2n) is 7.20. The molecule has 3 aromatic rings. The van der Waals surface area contributed by atoms with Crippen molar-refractivity contribution in [2.24, 2.45) is 5.73 Å². The number of amides is 1. The molecular weight excluding hydrogens is 364 g/mol. The van der Waals surface area contributed by atoms with Crippen molar-refractivity contribution >= 4 is 5.91 Å². The summed E-state index contributed by atoms with van der Waals surface area (Å²) in [6.45, 7) is 4.10. The lowest BCUT2D eigenvalue weighted by Crippen LogP contribution is -2.14. The number of ether oxygens (including phenoxy) is 2. The van der Waals surface area contributed by atoms with E-state index in [2.05, 4.69) is 35.8 Å². The van der Waals surface area contributed by atoms with Crippen LogP contribution in [0.1, 0.15) is 41.0 Å². The van der Waals surface area contributed by atoms with Gasteiger partial charge in [0, 0.05) is 17.3 Å². The Balaban J connectivity index is 2.06. The number of hydrogen-bond donors (Lipinski definition) is 1. The number of carbonyl (C=O) groups is 1. The molecule has 0 aliphatic rings. The first-order chi connectivity index (χ1) is 14.0. The van der Waals surface area contributed by atoms with E-state index in [1.807, 2.05) is 37.3 Å². The van der Waals surface area contributed by atoms with E-state index in [1.54, 1.807) is 14.2 Å². The van der Waals surface area contributed by atoms with Gasteiger partial charge in [-0.3, -0.25) is 4.79 Å². The molecule has 1 aromatic heterocycles. The van der Waals surface area contributed by atoms with Crippen LogP contribution in [-0.2, 0) is 6.42 Å². The minimum Gasteiger partial charge on any atom is -0.497 e. The molecule has 0 aliphatic carbocycles. The molecule has 1 heterocycles. The Hall–Kier alpha value is -3.21. The Labute approximate surface area is 172 Å². The van der Waals surface area contributed by atoms with Crippen LogP contribution in [-0.4, -0.2) is 24.7 Å². The number of rotatable bonds is 8. The number of nitrogens with two attached hydrogens (primary N) is 1. The number of benzene rings is 2. The van der Waals surface area contributed by atoms with E-state index in [4.69, 9.17) is 15.2 Å². The lowest BCUT2D eigenvalue weighted by molar-refractivity contribution is 0.0999. The van der Waals surface area contributed by atoms with E-state index >= 15 is 0 Å². The third kappa shape index (κ3) is 4.29. The van der Waals surface area contributed by atoms with Gasteiger partial charge >= 0.3 is 0 Å². The van der Waals surface area contributed by atoms with Crippen LogP contribution in [0.4, 0.5) is 0 Å². The summed E-state index contributed by atoms with van der Waals surface area (Å²) < 4.78 is 13.2. The fourth-order valence-electron chi connectivity index (χ4n) is 3.81. The molecule has 0 saturated carbocycles. The van der Waals surface area contributed by atoms with Crippen LogP contribution in [0.3, 0.4) is 0 Å². The maximum absolute atomic E-state index is 12.1. The van der Waals surface area contributed by atoms with Gasteiger partial charge in [0.15, 0.2) is 0 Å². The minimum atomic E-state index is -0.431. The summed E-state index contributed by atoms with van der Waals surface area (Å²) in [6, 6.07) is 18.1. The summed E-state index contributed by atoms with van der Waals surface area (Å²) in [5.74, 6) is 1.01. The summed E-state index contributed by atoms with van der Waals surface area (Å²) in [5, 5.41) is 0. The predicted molar refractivity (Wildman–Crippen MR) is 116 cm³/mol. The van der Waals surface area contributed by atoms with Crippen molar-refractivity contribution in [3.05, 3.63) is 71.4 Å². The Morgan fingerprint density at radius 1 is 1.07 bits per heavy atom. The number of carbonyl (C=O) groups excluding carboxylic acids is 1.